The number of aryl methyl sites for hydroxylation is 1. The van der Waals surface area contributed by atoms with Crippen LogP contribution in [-0.2, 0) is 12.8 Å². The first-order valence-corrected chi connectivity index (χ1v) is 6.51. The highest BCUT2D eigenvalue weighted by molar-refractivity contribution is 5.92. The Morgan fingerprint density at radius 3 is 2.84 bits per heavy atom. The minimum atomic E-state index is -0.132. The Labute approximate surface area is 112 Å². The second-order valence-electron chi connectivity index (χ2n) is 4.39. The summed E-state index contributed by atoms with van der Waals surface area (Å²) in [5, 5.41) is 9.75. The van der Waals surface area contributed by atoms with Crippen LogP contribution in [0.15, 0.2) is 30.6 Å². The first-order valence-electron chi connectivity index (χ1n) is 6.51. The molecule has 0 spiro atoms. The topological polar surface area (TPSA) is 70.7 Å². The van der Waals surface area contributed by atoms with E-state index in [0.717, 1.165) is 30.5 Å². The van der Waals surface area contributed by atoms with E-state index in [-0.39, 0.29) is 5.91 Å². The number of pyridine rings is 1. The smallest absolute Gasteiger partial charge is 0.271 e. The number of aromatic amines is 1. The summed E-state index contributed by atoms with van der Waals surface area (Å²) in [6.45, 7) is 2.69. The lowest BCUT2D eigenvalue weighted by Gasteiger charge is -2.02. The van der Waals surface area contributed by atoms with Crippen molar-refractivity contribution >= 4 is 5.91 Å². The second kappa shape index (κ2) is 6.68. The van der Waals surface area contributed by atoms with E-state index in [2.05, 4.69) is 27.4 Å². The summed E-state index contributed by atoms with van der Waals surface area (Å²) in [6, 6.07) is 5.70. The molecule has 2 rings (SSSR count). The highest BCUT2D eigenvalue weighted by Crippen LogP contribution is 2.02. The zero-order valence-corrected chi connectivity index (χ0v) is 11.0. The van der Waals surface area contributed by atoms with E-state index in [1.54, 1.807) is 12.4 Å². The number of amides is 1. The van der Waals surface area contributed by atoms with Gasteiger partial charge in [0.1, 0.15) is 5.69 Å². The van der Waals surface area contributed by atoms with Gasteiger partial charge in [0.25, 0.3) is 5.91 Å². The third kappa shape index (κ3) is 3.91. The third-order valence-electron chi connectivity index (χ3n) is 2.83. The molecule has 0 aliphatic carbocycles. The van der Waals surface area contributed by atoms with Crippen LogP contribution in [0.5, 0.6) is 0 Å². The molecule has 0 saturated carbocycles. The summed E-state index contributed by atoms with van der Waals surface area (Å²) < 4.78 is 0. The molecule has 2 aromatic heterocycles. The van der Waals surface area contributed by atoms with Crippen molar-refractivity contribution in [2.45, 2.75) is 26.2 Å². The van der Waals surface area contributed by atoms with Crippen molar-refractivity contribution in [3.05, 3.63) is 47.5 Å². The molecule has 0 aromatic carbocycles. The summed E-state index contributed by atoms with van der Waals surface area (Å²) in [7, 11) is 0. The first-order chi connectivity index (χ1) is 9.29. The van der Waals surface area contributed by atoms with Crippen LogP contribution in [0.3, 0.4) is 0 Å². The zero-order valence-electron chi connectivity index (χ0n) is 11.0. The summed E-state index contributed by atoms with van der Waals surface area (Å²) in [5.74, 6) is -0.132. The van der Waals surface area contributed by atoms with Gasteiger partial charge in [0.05, 0.1) is 0 Å². The molecule has 0 aliphatic rings. The third-order valence-corrected chi connectivity index (χ3v) is 2.83. The lowest BCUT2D eigenvalue weighted by Crippen LogP contribution is -2.26. The van der Waals surface area contributed by atoms with Crippen molar-refractivity contribution in [1.29, 1.82) is 0 Å². The molecule has 5 heteroatoms. The Balaban J connectivity index is 1.80. The summed E-state index contributed by atoms with van der Waals surface area (Å²) in [6.07, 6.45) is 6.24. The number of nitrogens with one attached hydrogen (secondary N) is 2. The van der Waals surface area contributed by atoms with Gasteiger partial charge in [0, 0.05) is 24.6 Å². The van der Waals surface area contributed by atoms with Gasteiger partial charge in [-0.2, -0.15) is 5.10 Å². The van der Waals surface area contributed by atoms with Crippen molar-refractivity contribution in [2.24, 2.45) is 0 Å². The maximum atomic E-state index is 11.8. The maximum absolute atomic E-state index is 11.8. The lowest BCUT2D eigenvalue weighted by molar-refractivity contribution is 0.0949. The van der Waals surface area contributed by atoms with Gasteiger partial charge in [-0.25, -0.2) is 0 Å². The molecule has 0 radical (unpaired) electrons. The standard InChI is InChI=1S/C14H18N4O/c1-2-3-12-10-13(18-17-12)14(19)16-9-6-11-4-7-15-8-5-11/h4-5,7-8,10H,2-3,6,9H2,1H3,(H,16,19)(H,17,18). The molecule has 1 amide bonds. The highest BCUT2D eigenvalue weighted by Gasteiger charge is 2.09. The molecule has 0 aliphatic heterocycles. The van der Waals surface area contributed by atoms with E-state index in [1.807, 2.05) is 18.2 Å². The van der Waals surface area contributed by atoms with Crippen LogP contribution in [0.1, 0.15) is 35.1 Å². The van der Waals surface area contributed by atoms with Crippen LogP contribution in [-0.4, -0.2) is 27.6 Å². The average molecular weight is 258 g/mol. The van der Waals surface area contributed by atoms with Gasteiger partial charge in [-0.1, -0.05) is 13.3 Å². The van der Waals surface area contributed by atoms with E-state index in [9.17, 15) is 4.79 Å². The Morgan fingerprint density at radius 1 is 1.32 bits per heavy atom. The van der Waals surface area contributed by atoms with Crippen molar-refractivity contribution < 1.29 is 4.79 Å². The maximum Gasteiger partial charge on any atom is 0.271 e. The van der Waals surface area contributed by atoms with Crippen molar-refractivity contribution in [1.82, 2.24) is 20.5 Å². The molecule has 0 fully saturated rings. The van der Waals surface area contributed by atoms with Gasteiger partial charge >= 0.3 is 0 Å². The molecule has 5 nitrogen and oxygen atoms in total. The molecule has 0 saturated heterocycles. The van der Waals surface area contributed by atoms with Gasteiger partial charge in [-0.15, -0.1) is 0 Å². The van der Waals surface area contributed by atoms with E-state index in [4.69, 9.17) is 0 Å². The molecule has 0 bridgehead atoms. The largest absolute Gasteiger partial charge is 0.350 e. The molecule has 0 atom stereocenters. The van der Waals surface area contributed by atoms with Gasteiger partial charge in [0.2, 0.25) is 0 Å². The van der Waals surface area contributed by atoms with Crippen LogP contribution in [0.4, 0.5) is 0 Å². The number of nitrogens with zero attached hydrogens (tertiary/aromatic N) is 2. The van der Waals surface area contributed by atoms with E-state index in [1.165, 1.54) is 0 Å². The van der Waals surface area contributed by atoms with E-state index in [0.29, 0.717) is 12.2 Å². The van der Waals surface area contributed by atoms with Gasteiger partial charge in [0.15, 0.2) is 0 Å². The Kier molecular flexibility index (Phi) is 4.66. The Morgan fingerprint density at radius 2 is 2.11 bits per heavy atom. The summed E-state index contributed by atoms with van der Waals surface area (Å²) in [4.78, 5) is 15.8. The predicted octanol–water partition coefficient (Wildman–Crippen LogP) is 1.73. The number of carbonyl (C=O) groups is 1. The monoisotopic (exact) mass is 258 g/mol. The fourth-order valence-electron chi connectivity index (χ4n) is 1.84. The molecule has 2 aromatic rings. The van der Waals surface area contributed by atoms with Gasteiger partial charge in [-0.3, -0.25) is 14.9 Å². The van der Waals surface area contributed by atoms with Crippen LogP contribution < -0.4 is 5.32 Å². The minimum Gasteiger partial charge on any atom is -0.350 e. The number of hydrogen-bond acceptors (Lipinski definition) is 3. The van der Waals surface area contributed by atoms with E-state index >= 15 is 0 Å². The quantitative estimate of drug-likeness (QED) is 0.829. The number of aromatic nitrogens is 3. The molecule has 100 valence electrons. The number of hydrogen-bond donors (Lipinski definition) is 2. The first kappa shape index (κ1) is 13.3. The van der Waals surface area contributed by atoms with Crippen LogP contribution in [0.2, 0.25) is 0 Å². The van der Waals surface area contributed by atoms with Gasteiger partial charge < -0.3 is 5.32 Å². The zero-order chi connectivity index (χ0) is 13.5. The molecule has 19 heavy (non-hydrogen) atoms. The van der Waals surface area contributed by atoms with Crippen LogP contribution in [0.25, 0.3) is 0 Å². The summed E-state index contributed by atoms with van der Waals surface area (Å²) in [5.41, 5.74) is 2.61. The summed E-state index contributed by atoms with van der Waals surface area (Å²) >= 11 is 0. The molecular formula is C14H18N4O. The van der Waals surface area contributed by atoms with Crippen molar-refractivity contribution in [2.75, 3.05) is 6.54 Å². The molecule has 2 N–H and O–H groups in total. The predicted molar refractivity (Wildman–Crippen MR) is 72.9 cm³/mol. The highest BCUT2D eigenvalue weighted by atomic mass is 16.1. The number of rotatable bonds is 6. The Bertz CT molecular complexity index is 521. The lowest BCUT2D eigenvalue weighted by atomic mass is 10.2. The fraction of sp³-hybridized carbons (Fsp3) is 0.357. The normalized spacial score (nSPS) is 10.4. The molecule has 2 heterocycles. The van der Waals surface area contributed by atoms with Gasteiger partial charge in [-0.05, 0) is 36.6 Å². The van der Waals surface area contributed by atoms with E-state index < -0.39 is 0 Å². The SMILES string of the molecule is CCCc1cc(C(=O)NCCc2ccncc2)n[nH]1. The fourth-order valence-corrected chi connectivity index (χ4v) is 1.84. The minimum absolute atomic E-state index is 0.132. The molecular weight excluding hydrogens is 240 g/mol. The Hall–Kier alpha value is -2.17. The van der Waals surface area contributed by atoms with Crippen molar-refractivity contribution in [3.63, 3.8) is 0 Å². The number of carbonyl (C=O) groups excluding carboxylic acids is 1. The van der Waals surface area contributed by atoms with Crippen LogP contribution >= 0.6 is 0 Å². The second-order valence-corrected chi connectivity index (χ2v) is 4.39. The molecule has 0 unspecified atom stereocenters. The average Bonchev–Trinajstić information content (AvgIpc) is 2.89. The number of H-pyrrole nitrogens is 1. The van der Waals surface area contributed by atoms with Crippen LogP contribution in [0, 0.1) is 0 Å². The van der Waals surface area contributed by atoms with Crippen molar-refractivity contribution in [3.8, 4) is 0 Å².